The fraction of sp³-hybridized carbons (Fsp3) is 0.0588. The van der Waals surface area contributed by atoms with Crippen LogP contribution in [0.15, 0.2) is 64.7 Å². The van der Waals surface area contributed by atoms with Gasteiger partial charge in [0.25, 0.3) is 5.91 Å². The molecule has 0 atom stereocenters. The SMILES string of the molecule is C=CCOc1ccc(Br)cc1/C=N\NC(=O)c1ccccc1N. The van der Waals surface area contributed by atoms with Crippen LogP contribution in [0.5, 0.6) is 5.75 Å². The molecule has 0 aliphatic carbocycles. The Labute approximate surface area is 143 Å². The van der Waals surface area contributed by atoms with Crippen molar-refractivity contribution in [2.24, 2.45) is 5.10 Å². The highest BCUT2D eigenvalue weighted by Crippen LogP contribution is 2.21. The van der Waals surface area contributed by atoms with Crippen LogP contribution < -0.4 is 15.9 Å². The number of ether oxygens (including phenoxy) is 1. The second kappa shape index (κ2) is 8.14. The lowest BCUT2D eigenvalue weighted by Crippen LogP contribution is -2.19. The number of amides is 1. The summed E-state index contributed by atoms with van der Waals surface area (Å²) in [5, 5.41) is 3.96. The first-order chi connectivity index (χ1) is 11.1. The Morgan fingerprint density at radius 2 is 2.13 bits per heavy atom. The van der Waals surface area contributed by atoms with E-state index in [9.17, 15) is 4.79 Å². The van der Waals surface area contributed by atoms with Crippen LogP contribution in [0.4, 0.5) is 5.69 Å². The number of nitrogen functional groups attached to an aromatic ring is 1. The molecule has 0 spiro atoms. The van der Waals surface area contributed by atoms with Gasteiger partial charge in [-0.3, -0.25) is 4.79 Å². The molecule has 2 aromatic rings. The minimum absolute atomic E-state index is 0.372. The van der Waals surface area contributed by atoms with Gasteiger partial charge in [0.05, 0.1) is 11.8 Å². The van der Waals surface area contributed by atoms with Crippen molar-refractivity contribution in [2.75, 3.05) is 12.3 Å². The molecule has 0 radical (unpaired) electrons. The molecule has 0 aromatic heterocycles. The number of benzene rings is 2. The molecule has 0 saturated carbocycles. The van der Waals surface area contributed by atoms with Crippen LogP contribution in [-0.2, 0) is 0 Å². The molecule has 3 N–H and O–H groups in total. The topological polar surface area (TPSA) is 76.7 Å². The van der Waals surface area contributed by atoms with Crippen molar-refractivity contribution in [3.05, 3.63) is 70.7 Å². The second-order valence-corrected chi connectivity index (χ2v) is 5.48. The van der Waals surface area contributed by atoms with Gasteiger partial charge in [-0.15, -0.1) is 0 Å². The summed E-state index contributed by atoms with van der Waals surface area (Å²) < 4.78 is 6.42. The predicted octanol–water partition coefficient (Wildman–Crippen LogP) is 3.36. The number of halogens is 1. The molecule has 6 heteroatoms. The van der Waals surface area contributed by atoms with E-state index >= 15 is 0 Å². The zero-order valence-electron chi connectivity index (χ0n) is 12.3. The first-order valence-electron chi connectivity index (χ1n) is 6.83. The van der Waals surface area contributed by atoms with Crippen LogP contribution in [0.2, 0.25) is 0 Å². The van der Waals surface area contributed by atoms with E-state index in [0.717, 1.165) is 10.0 Å². The largest absolute Gasteiger partial charge is 0.489 e. The Hall–Kier alpha value is -2.60. The molecule has 0 fully saturated rings. The van der Waals surface area contributed by atoms with Crippen molar-refractivity contribution < 1.29 is 9.53 Å². The van der Waals surface area contributed by atoms with Crippen molar-refractivity contribution in [2.45, 2.75) is 0 Å². The Bertz CT molecular complexity index is 744. The molecule has 0 unspecified atom stereocenters. The van der Waals surface area contributed by atoms with Crippen LogP contribution in [0.3, 0.4) is 0 Å². The smallest absolute Gasteiger partial charge is 0.273 e. The van der Waals surface area contributed by atoms with Crippen molar-refractivity contribution in [1.29, 1.82) is 0 Å². The number of rotatable bonds is 6. The van der Waals surface area contributed by atoms with E-state index in [1.165, 1.54) is 6.21 Å². The molecule has 1 amide bonds. The van der Waals surface area contributed by atoms with Crippen molar-refractivity contribution >= 4 is 33.7 Å². The van der Waals surface area contributed by atoms with Crippen LogP contribution >= 0.6 is 15.9 Å². The summed E-state index contributed by atoms with van der Waals surface area (Å²) in [6.45, 7) is 4.00. The van der Waals surface area contributed by atoms with Crippen LogP contribution in [0.1, 0.15) is 15.9 Å². The summed E-state index contributed by atoms with van der Waals surface area (Å²) in [6.07, 6.45) is 3.17. The molecule has 0 aliphatic rings. The molecule has 2 aromatic carbocycles. The fourth-order valence-corrected chi connectivity index (χ4v) is 2.20. The van der Waals surface area contributed by atoms with Gasteiger partial charge in [0, 0.05) is 15.7 Å². The Balaban J connectivity index is 2.11. The first-order valence-corrected chi connectivity index (χ1v) is 7.62. The molecule has 5 nitrogen and oxygen atoms in total. The molecule has 0 bridgehead atoms. The summed E-state index contributed by atoms with van der Waals surface area (Å²) in [7, 11) is 0. The van der Waals surface area contributed by atoms with E-state index in [4.69, 9.17) is 10.5 Å². The van der Waals surface area contributed by atoms with E-state index in [2.05, 4.69) is 33.0 Å². The van der Waals surface area contributed by atoms with E-state index < -0.39 is 0 Å². The number of nitrogens with zero attached hydrogens (tertiary/aromatic N) is 1. The van der Waals surface area contributed by atoms with Crippen molar-refractivity contribution in [3.63, 3.8) is 0 Å². The first kappa shape index (κ1) is 16.8. The normalized spacial score (nSPS) is 10.5. The number of carbonyl (C=O) groups is 1. The summed E-state index contributed by atoms with van der Waals surface area (Å²) in [4.78, 5) is 12.0. The summed E-state index contributed by atoms with van der Waals surface area (Å²) in [6, 6.07) is 12.3. The van der Waals surface area contributed by atoms with Gasteiger partial charge in [0.2, 0.25) is 0 Å². The lowest BCUT2D eigenvalue weighted by Gasteiger charge is -2.07. The molecule has 2 rings (SSSR count). The van der Waals surface area contributed by atoms with Crippen LogP contribution in [0.25, 0.3) is 0 Å². The lowest BCUT2D eigenvalue weighted by molar-refractivity contribution is 0.0956. The van der Waals surface area contributed by atoms with Gasteiger partial charge >= 0.3 is 0 Å². The van der Waals surface area contributed by atoms with Crippen molar-refractivity contribution in [3.8, 4) is 5.75 Å². The number of nitrogens with two attached hydrogens (primary N) is 1. The average molecular weight is 374 g/mol. The van der Waals surface area contributed by atoms with Gasteiger partial charge in [-0.05, 0) is 30.3 Å². The van der Waals surface area contributed by atoms with E-state index in [-0.39, 0.29) is 5.91 Å². The maximum absolute atomic E-state index is 12.0. The van der Waals surface area contributed by atoms with E-state index in [1.807, 2.05) is 18.2 Å². The van der Waals surface area contributed by atoms with Crippen LogP contribution in [0, 0.1) is 0 Å². The molecular formula is C17H16BrN3O2. The van der Waals surface area contributed by atoms with Crippen molar-refractivity contribution in [1.82, 2.24) is 5.43 Å². The van der Waals surface area contributed by atoms with Gasteiger partial charge in [-0.25, -0.2) is 5.43 Å². The van der Waals surface area contributed by atoms with Gasteiger partial charge in [-0.2, -0.15) is 5.10 Å². The second-order valence-electron chi connectivity index (χ2n) is 4.57. The summed E-state index contributed by atoms with van der Waals surface area (Å²) in [5.74, 6) is 0.272. The number of carbonyl (C=O) groups excluding carboxylic acids is 1. The lowest BCUT2D eigenvalue weighted by atomic mass is 10.2. The Morgan fingerprint density at radius 3 is 2.87 bits per heavy atom. The molecule has 0 heterocycles. The Kier molecular flexibility index (Phi) is 5.94. The molecular weight excluding hydrogens is 358 g/mol. The fourth-order valence-electron chi connectivity index (χ4n) is 1.82. The van der Waals surface area contributed by atoms with Gasteiger partial charge in [-0.1, -0.05) is 40.7 Å². The number of nitrogens with one attached hydrogen (secondary N) is 1. The minimum Gasteiger partial charge on any atom is -0.489 e. The van der Waals surface area contributed by atoms with Gasteiger partial charge in [0.15, 0.2) is 0 Å². The monoisotopic (exact) mass is 373 g/mol. The van der Waals surface area contributed by atoms with Gasteiger partial charge in [0.1, 0.15) is 12.4 Å². The highest BCUT2D eigenvalue weighted by molar-refractivity contribution is 9.10. The molecule has 118 valence electrons. The number of hydrazone groups is 1. The maximum atomic E-state index is 12.0. The number of anilines is 1. The van der Waals surface area contributed by atoms with E-state index in [1.54, 1.807) is 30.3 Å². The highest BCUT2D eigenvalue weighted by Gasteiger charge is 2.07. The minimum atomic E-state index is -0.372. The third-order valence-corrected chi connectivity index (χ3v) is 3.40. The molecule has 0 aliphatic heterocycles. The molecule has 0 saturated heterocycles. The van der Waals surface area contributed by atoms with Gasteiger partial charge < -0.3 is 10.5 Å². The zero-order chi connectivity index (χ0) is 16.7. The number of hydrogen-bond acceptors (Lipinski definition) is 4. The molecule has 23 heavy (non-hydrogen) atoms. The highest BCUT2D eigenvalue weighted by atomic mass is 79.9. The third kappa shape index (κ3) is 4.69. The van der Waals surface area contributed by atoms with E-state index in [0.29, 0.717) is 23.6 Å². The predicted molar refractivity (Wildman–Crippen MR) is 95.7 cm³/mol. The third-order valence-electron chi connectivity index (χ3n) is 2.90. The van der Waals surface area contributed by atoms with Crippen LogP contribution in [-0.4, -0.2) is 18.7 Å². The zero-order valence-corrected chi connectivity index (χ0v) is 13.9. The maximum Gasteiger partial charge on any atom is 0.273 e. The standard InChI is InChI=1S/C17H16BrN3O2/c1-2-9-23-16-8-7-13(18)10-12(16)11-20-21-17(22)14-5-3-4-6-15(14)19/h2-8,10-11H,1,9,19H2,(H,21,22)/b20-11-. The summed E-state index contributed by atoms with van der Waals surface area (Å²) >= 11 is 3.39. The average Bonchev–Trinajstić information content (AvgIpc) is 2.54. The summed E-state index contributed by atoms with van der Waals surface area (Å²) in [5.41, 5.74) is 9.71. The number of para-hydroxylation sites is 1. The quantitative estimate of drug-likeness (QED) is 0.352. The Morgan fingerprint density at radius 1 is 1.35 bits per heavy atom. The number of hydrogen-bond donors (Lipinski definition) is 2.